The van der Waals surface area contributed by atoms with E-state index in [1.165, 1.54) is 0 Å². The zero-order valence-corrected chi connectivity index (χ0v) is 11.6. The number of carbonyl (C=O) groups is 1. The molecule has 3 rings (SSSR count). The van der Waals surface area contributed by atoms with Crippen molar-refractivity contribution in [1.29, 1.82) is 0 Å². The number of carboxylic acids is 1. The summed E-state index contributed by atoms with van der Waals surface area (Å²) in [7, 11) is 1.57. The minimum absolute atomic E-state index is 0.0856. The fraction of sp³-hybridized carbons (Fsp3) is 0.267. The Morgan fingerprint density at radius 3 is 2.90 bits per heavy atom. The SMILES string of the molecule is COc1ccccc1-c1nc2c(c(C(=O)O)n1)CCNC2. The van der Waals surface area contributed by atoms with Gasteiger partial charge in [-0.15, -0.1) is 0 Å². The van der Waals surface area contributed by atoms with Crippen molar-refractivity contribution in [2.75, 3.05) is 13.7 Å². The maximum Gasteiger partial charge on any atom is 0.354 e. The van der Waals surface area contributed by atoms with Gasteiger partial charge in [-0.3, -0.25) is 0 Å². The van der Waals surface area contributed by atoms with Crippen molar-refractivity contribution in [2.45, 2.75) is 13.0 Å². The number of ether oxygens (including phenoxy) is 1. The van der Waals surface area contributed by atoms with E-state index in [-0.39, 0.29) is 5.69 Å². The number of nitrogens with one attached hydrogen (secondary N) is 1. The first kappa shape index (κ1) is 13.5. The monoisotopic (exact) mass is 285 g/mol. The molecule has 2 N–H and O–H groups in total. The van der Waals surface area contributed by atoms with E-state index in [1.807, 2.05) is 18.2 Å². The molecule has 1 aliphatic rings. The number of nitrogens with zero attached hydrogens (tertiary/aromatic N) is 2. The molecular weight excluding hydrogens is 270 g/mol. The smallest absolute Gasteiger partial charge is 0.354 e. The highest BCUT2D eigenvalue weighted by Crippen LogP contribution is 2.28. The van der Waals surface area contributed by atoms with Crippen LogP contribution in [0.5, 0.6) is 5.75 Å². The number of hydrogen-bond donors (Lipinski definition) is 2. The number of fused-ring (bicyclic) bond motifs is 1. The van der Waals surface area contributed by atoms with Crippen LogP contribution in [0, 0.1) is 0 Å². The zero-order chi connectivity index (χ0) is 14.8. The standard InChI is InChI=1S/C15H15N3O3/c1-21-12-5-3-2-4-10(12)14-17-11-8-16-7-6-9(11)13(18-14)15(19)20/h2-5,16H,6-8H2,1H3,(H,19,20). The summed E-state index contributed by atoms with van der Waals surface area (Å²) in [6.45, 7) is 1.30. The number of hydrogen-bond acceptors (Lipinski definition) is 5. The summed E-state index contributed by atoms with van der Waals surface area (Å²) < 4.78 is 5.30. The average Bonchev–Trinajstić information content (AvgIpc) is 2.53. The van der Waals surface area contributed by atoms with Gasteiger partial charge in [0.05, 0.1) is 18.4 Å². The Kier molecular flexibility index (Phi) is 3.53. The molecule has 0 fully saturated rings. The normalized spacial score (nSPS) is 13.6. The van der Waals surface area contributed by atoms with E-state index in [0.717, 1.165) is 17.8 Å². The van der Waals surface area contributed by atoms with Crippen molar-refractivity contribution < 1.29 is 14.6 Å². The molecule has 0 spiro atoms. The van der Waals surface area contributed by atoms with Gasteiger partial charge in [0.15, 0.2) is 11.5 Å². The third-order valence-electron chi connectivity index (χ3n) is 3.49. The van der Waals surface area contributed by atoms with E-state index in [9.17, 15) is 9.90 Å². The minimum atomic E-state index is -1.02. The maximum atomic E-state index is 11.5. The Hall–Kier alpha value is -2.47. The lowest BCUT2D eigenvalue weighted by atomic mass is 10.0. The molecule has 2 aromatic rings. The summed E-state index contributed by atoms with van der Waals surface area (Å²) in [5.41, 5.74) is 2.24. The Balaban J connectivity index is 2.20. The molecule has 0 atom stereocenters. The van der Waals surface area contributed by atoms with E-state index in [2.05, 4.69) is 15.3 Å². The van der Waals surface area contributed by atoms with Crippen LogP contribution >= 0.6 is 0 Å². The third kappa shape index (κ3) is 2.45. The van der Waals surface area contributed by atoms with E-state index in [4.69, 9.17) is 4.74 Å². The summed E-state index contributed by atoms with van der Waals surface area (Å²) in [5.74, 6) is -0.0171. The van der Waals surface area contributed by atoms with Gasteiger partial charge in [-0.2, -0.15) is 0 Å². The van der Waals surface area contributed by atoms with Crippen molar-refractivity contribution in [2.24, 2.45) is 0 Å². The van der Waals surface area contributed by atoms with E-state index < -0.39 is 5.97 Å². The van der Waals surface area contributed by atoms with Crippen LogP contribution in [0.1, 0.15) is 21.7 Å². The second kappa shape index (κ2) is 5.49. The minimum Gasteiger partial charge on any atom is -0.496 e. The van der Waals surface area contributed by atoms with E-state index >= 15 is 0 Å². The molecular formula is C15H15N3O3. The number of methoxy groups -OCH3 is 1. The molecule has 0 bridgehead atoms. The topological polar surface area (TPSA) is 84.3 Å². The molecule has 6 nitrogen and oxygen atoms in total. The van der Waals surface area contributed by atoms with Crippen molar-refractivity contribution in [3.8, 4) is 17.1 Å². The van der Waals surface area contributed by atoms with Gasteiger partial charge in [-0.25, -0.2) is 14.8 Å². The molecule has 0 radical (unpaired) electrons. The van der Waals surface area contributed by atoms with Crippen molar-refractivity contribution in [3.63, 3.8) is 0 Å². The van der Waals surface area contributed by atoms with E-state index in [1.54, 1.807) is 13.2 Å². The molecule has 6 heteroatoms. The average molecular weight is 285 g/mol. The van der Waals surface area contributed by atoms with Crippen molar-refractivity contribution in [1.82, 2.24) is 15.3 Å². The van der Waals surface area contributed by atoms with Crippen LogP contribution in [0.25, 0.3) is 11.4 Å². The number of carboxylic acid groups (broad SMARTS) is 1. The molecule has 0 saturated heterocycles. The van der Waals surface area contributed by atoms with Crippen molar-refractivity contribution >= 4 is 5.97 Å². The highest BCUT2D eigenvalue weighted by molar-refractivity contribution is 5.88. The molecule has 1 aromatic carbocycles. The fourth-order valence-electron chi connectivity index (χ4n) is 2.49. The number of aromatic nitrogens is 2. The van der Waals surface area contributed by atoms with Gasteiger partial charge in [0.1, 0.15) is 5.75 Å². The highest BCUT2D eigenvalue weighted by atomic mass is 16.5. The molecule has 1 aromatic heterocycles. The van der Waals surface area contributed by atoms with Crippen LogP contribution in [0.2, 0.25) is 0 Å². The first-order valence-corrected chi connectivity index (χ1v) is 6.68. The lowest BCUT2D eigenvalue weighted by molar-refractivity contribution is 0.0688. The van der Waals surface area contributed by atoms with Crippen LogP contribution in [0.15, 0.2) is 24.3 Å². The number of aromatic carboxylic acids is 1. The summed E-state index contributed by atoms with van der Waals surface area (Å²) in [4.78, 5) is 20.2. The first-order chi connectivity index (χ1) is 10.2. The fourth-order valence-corrected chi connectivity index (χ4v) is 2.49. The molecule has 0 unspecified atom stereocenters. The maximum absolute atomic E-state index is 11.5. The van der Waals surface area contributed by atoms with Crippen LogP contribution in [0.3, 0.4) is 0 Å². The molecule has 0 saturated carbocycles. The van der Waals surface area contributed by atoms with Gasteiger partial charge >= 0.3 is 5.97 Å². The lowest BCUT2D eigenvalue weighted by Crippen LogP contribution is -2.27. The third-order valence-corrected chi connectivity index (χ3v) is 3.49. The first-order valence-electron chi connectivity index (χ1n) is 6.68. The summed E-state index contributed by atoms with van der Waals surface area (Å²) in [6, 6.07) is 7.32. The predicted molar refractivity (Wildman–Crippen MR) is 76.4 cm³/mol. The summed E-state index contributed by atoms with van der Waals surface area (Å²) in [6.07, 6.45) is 0.628. The zero-order valence-electron chi connectivity index (χ0n) is 11.6. The molecule has 2 heterocycles. The van der Waals surface area contributed by atoms with E-state index in [0.29, 0.717) is 30.1 Å². The quantitative estimate of drug-likeness (QED) is 0.889. The second-order valence-electron chi connectivity index (χ2n) is 4.75. The Bertz CT molecular complexity index is 701. The summed E-state index contributed by atoms with van der Waals surface area (Å²) >= 11 is 0. The van der Waals surface area contributed by atoms with Crippen LogP contribution in [-0.4, -0.2) is 34.7 Å². The van der Waals surface area contributed by atoms with Gasteiger partial charge in [0.2, 0.25) is 0 Å². The molecule has 21 heavy (non-hydrogen) atoms. The second-order valence-corrected chi connectivity index (χ2v) is 4.75. The molecule has 1 aliphatic heterocycles. The largest absolute Gasteiger partial charge is 0.496 e. The van der Waals surface area contributed by atoms with Gasteiger partial charge in [-0.05, 0) is 25.1 Å². The number of para-hydroxylation sites is 1. The number of rotatable bonds is 3. The summed E-state index contributed by atoms with van der Waals surface area (Å²) in [5, 5.41) is 12.6. The van der Waals surface area contributed by atoms with Crippen LogP contribution < -0.4 is 10.1 Å². The molecule has 0 amide bonds. The van der Waals surface area contributed by atoms with Gasteiger partial charge in [0, 0.05) is 12.1 Å². The van der Waals surface area contributed by atoms with Crippen LogP contribution in [0.4, 0.5) is 0 Å². The van der Waals surface area contributed by atoms with Crippen molar-refractivity contribution in [3.05, 3.63) is 41.2 Å². The Labute approximate surface area is 121 Å². The Morgan fingerprint density at radius 2 is 2.14 bits per heavy atom. The number of benzene rings is 1. The van der Waals surface area contributed by atoms with Gasteiger partial charge in [0.25, 0.3) is 0 Å². The van der Waals surface area contributed by atoms with Crippen LogP contribution in [-0.2, 0) is 13.0 Å². The van der Waals surface area contributed by atoms with Gasteiger partial charge in [-0.1, -0.05) is 12.1 Å². The lowest BCUT2D eigenvalue weighted by Gasteiger charge is -2.19. The molecule has 108 valence electrons. The predicted octanol–water partition coefficient (Wildman–Crippen LogP) is 1.50. The van der Waals surface area contributed by atoms with Gasteiger partial charge < -0.3 is 15.2 Å². The highest BCUT2D eigenvalue weighted by Gasteiger charge is 2.22. The Morgan fingerprint density at radius 1 is 1.33 bits per heavy atom. The molecule has 0 aliphatic carbocycles.